The van der Waals surface area contributed by atoms with E-state index in [1.54, 1.807) is 38.3 Å². The molecule has 0 aliphatic carbocycles. The summed E-state index contributed by atoms with van der Waals surface area (Å²) in [7, 11) is 1.57. The third kappa shape index (κ3) is 5.63. The number of hydrogen-bond acceptors (Lipinski definition) is 7. The number of carbonyl (C=O) groups excluding carboxylic acids is 2. The zero-order valence-electron chi connectivity index (χ0n) is 16.8. The van der Waals surface area contributed by atoms with E-state index in [2.05, 4.69) is 20.7 Å². The van der Waals surface area contributed by atoms with Crippen molar-refractivity contribution >= 4 is 11.9 Å². The van der Waals surface area contributed by atoms with Crippen LogP contribution in [-0.2, 0) is 20.9 Å². The summed E-state index contributed by atoms with van der Waals surface area (Å²) in [6.45, 7) is 1.88. The summed E-state index contributed by atoms with van der Waals surface area (Å²) >= 11 is 0. The Balaban J connectivity index is 1.69. The highest BCUT2D eigenvalue weighted by Gasteiger charge is 2.20. The van der Waals surface area contributed by atoms with Crippen molar-refractivity contribution in [3.8, 4) is 17.1 Å². The molecule has 0 saturated carbocycles. The molecule has 0 aliphatic heterocycles. The highest BCUT2D eigenvalue weighted by molar-refractivity contribution is 5.77. The maximum atomic E-state index is 12.6. The number of ether oxygens (including phenoxy) is 2. The first-order valence-electron chi connectivity index (χ1n) is 9.51. The number of carbonyl (C=O) groups is 2. The lowest BCUT2D eigenvalue weighted by molar-refractivity contribution is -0.143. The molecule has 0 spiro atoms. The van der Waals surface area contributed by atoms with Crippen molar-refractivity contribution in [2.75, 3.05) is 13.7 Å². The fourth-order valence-electron chi connectivity index (χ4n) is 2.86. The number of aromatic nitrogens is 4. The number of esters is 1. The predicted octanol–water partition coefficient (Wildman–Crippen LogP) is 2.16. The molecule has 0 fully saturated rings. The molecule has 0 aliphatic rings. The van der Waals surface area contributed by atoms with Crippen molar-refractivity contribution in [2.45, 2.75) is 25.9 Å². The molecule has 9 nitrogen and oxygen atoms in total. The van der Waals surface area contributed by atoms with Crippen LogP contribution in [0.3, 0.4) is 0 Å². The molecule has 0 saturated heterocycles. The van der Waals surface area contributed by atoms with Gasteiger partial charge in [0.05, 0.1) is 26.2 Å². The average Bonchev–Trinajstić information content (AvgIpc) is 3.22. The Kier molecular flexibility index (Phi) is 7.09. The number of amides is 1. The molecule has 1 amide bonds. The van der Waals surface area contributed by atoms with Crippen LogP contribution in [0, 0.1) is 0 Å². The van der Waals surface area contributed by atoms with Gasteiger partial charge >= 0.3 is 5.97 Å². The van der Waals surface area contributed by atoms with E-state index < -0.39 is 12.0 Å². The number of rotatable bonds is 9. The highest BCUT2D eigenvalue weighted by Crippen LogP contribution is 2.21. The fourth-order valence-corrected chi connectivity index (χ4v) is 2.86. The quantitative estimate of drug-likeness (QED) is 0.540. The van der Waals surface area contributed by atoms with Crippen LogP contribution in [0.15, 0.2) is 54.6 Å². The van der Waals surface area contributed by atoms with Gasteiger partial charge in [0.15, 0.2) is 0 Å². The Bertz CT molecular complexity index is 973. The maximum Gasteiger partial charge on any atom is 0.308 e. The average molecular weight is 409 g/mol. The lowest BCUT2D eigenvalue weighted by Crippen LogP contribution is -2.33. The first kappa shape index (κ1) is 21.0. The third-order valence-electron chi connectivity index (χ3n) is 4.30. The van der Waals surface area contributed by atoms with Gasteiger partial charge in [-0.25, -0.2) is 0 Å². The second-order valence-electron chi connectivity index (χ2n) is 6.41. The van der Waals surface area contributed by atoms with Crippen molar-refractivity contribution in [2.24, 2.45) is 0 Å². The van der Waals surface area contributed by atoms with Crippen LogP contribution in [0.1, 0.15) is 24.9 Å². The molecule has 0 bridgehead atoms. The van der Waals surface area contributed by atoms with Gasteiger partial charge in [-0.2, -0.15) is 4.80 Å². The van der Waals surface area contributed by atoms with E-state index >= 15 is 0 Å². The minimum Gasteiger partial charge on any atom is -0.497 e. The largest absolute Gasteiger partial charge is 0.497 e. The number of benzene rings is 2. The van der Waals surface area contributed by atoms with E-state index in [-0.39, 0.29) is 25.5 Å². The van der Waals surface area contributed by atoms with E-state index in [4.69, 9.17) is 9.47 Å². The van der Waals surface area contributed by atoms with Crippen LogP contribution in [-0.4, -0.2) is 45.8 Å². The van der Waals surface area contributed by atoms with Crippen LogP contribution < -0.4 is 10.1 Å². The van der Waals surface area contributed by atoms with Crippen LogP contribution in [0.2, 0.25) is 0 Å². The zero-order valence-corrected chi connectivity index (χ0v) is 16.8. The van der Waals surface area contributed by atoms with Crippen LogP contribution >= 0.6 is 0 Å². The van der Waals surface area contributed by atoms with Crippen molar-refractivity contribution < 1.29 is 19.1 Å². The zero-order chi connectivity index (χ0) is 21.3. The SMILES string of the molecule is CCOC(=O)C[C@@H](NC(=O)Cn1nnc(-c2ccccc2)n1)c1ccc(OC)cc1. The van der Waals surface area contributed by atoms with Crippen molar-refractivity contribution in [1.29, 1.82) is 0 Å². The van der Waals surface area contributed by atoms with Gasteiger partial charge in [-0.05, 0) is 29.8 Å². The van der Waals surface area contributed by atoms with E-state index in [1.165, 1.54) is 4.80 Å². The predicted molar refractivity (Wildman–Crippen MR) is 108 cm³/mol. The number of nitrogens with one attached hydrogen (secondary N) is 1. The molecular weight excluding hydrogens is 386 g/mol. The minimum absolute atomic E-state index is 0.00591. The normalized spacial score (nSPS) is 11.5. The minimum atomic E-state index is -0.556. The summed E-state index contributed by atoms with van der Waals surface area (Å²) in [4.78, 5) is 25.8. The third-order valence-corrected chi connectivity index (χ3v) is 4.30. The Morgan fingerprint density at radius 2 is 1.83 bits per heavy atom. The van der Waals surface area contributed by atoms with E-state index in [0.717, 1.165) is 11.1 Å². The van der Waals surface area contributed by atoms with Gasteiger partial charge in [0.1, 0.15) is 12.3 Å². The molecule has 30 heavy (non-hydrogen) atoms. The van der Waals surface area contributed by atoms with Crippen molar-refractivity contribution in [3.05, 3.63) is 60.2 Å². The van der Waals surface area contributed by atoms with Gasteiger partial charge < -0.3 is 14.8 Å². The number of methoxy groups -OCH3 is 1. The summed E-state index contributed by atoms with van der Waals surface area (Å²) in [5, 5.41) is 15.0. The molecule has 1 N–H and O–H groups in total. The Morgan fingerprint density at radius 1 is 1.10 bits per heavy atom. The number of tetrazole rings is 1. The number of nitrogens with zero attached hydrogens (tertiary/aromatic N) is 4. The molecular formula is C21H23N5O4. The topological polar surface area (TPSA) is 108 Å². The summed E-state index contributed by atoms with van der Waals surface area (Å²) in [5.74, 6) is 0.364. The first-order valence-corrected chi connectivity index (χ1v) is 9.51. The molecule has 0 radical (unpaired) electrons. The summed E-state index contributed by atoms with van der Waals surface area (Å²) in [6.07, 6.45) is 0.00591. The number of hydrogen-bond donors (Lipinski definition) is 1. The van der Waals surface area contributed by atoms with Crippen molar-refractivity contribution in [3.63, 3.8) is 0 Å². The molecule has 1 aromatic heterocycles. The highest BCUT2D eigenvalue weighted by atomic mass is 16.5. The second kappa shape index (κ2) is 10.1. The lowest BCUT2D eigenvalue weighted by Gasteiger charge is -2.18. The summed E-state index contributed by atoms with van der Waals surface area (Å²) in [6, 6.07) is 15.9. The Labute approximate surface area is 174 Å². The van der Waals surface area contributed by atoms with Gasteiger partial charge in [0, 0.05) is 5.56 Å². The molecule has 2 aromatic carbocycles. The molecule has 3 aromatic rings. The van der Waals surface area contributed by atoms with E-state index in [0.29, 0.717) is 11.6 Å². The molecule has 1 heterocycles. The Morgan fingerprint density at radius 3 is 2.50 bits per heavy atom. The maximum absolute atomic E-state index is 12.6. The van der Waals surface area contributed by atoms with E-state index in [9.17, 15) is 9.59 Å². The van der Waals surface area contributed by atoms with Gasteiger partial charge in [-0.3, -0.25) is 9.59 Å². The summed E-state index contributed by atoms with van der Waals surface area (Å²) < 4.78 is 10.2. The molecule has 0 unspecified atom stereocenters. The fraction of sp³-hybridized carbons (Fsp3) is 0.286. The standard InChI is InChI=1S/C21H23N5O4/c1-3-30-20(28)13-18(15-9-11-17(29-2)12-10-15)22-19(27)14-26-24-21(23-25-26)16-7-5-4-6-8-16/h4-12,18H,3,13-14H2,1-2H3,(H,22,27)/t18-/m1/s1. The van der Waals surface area contributed by atoms with Gasteiger partial charge in [-0.15, -0.1) is 10.2 Å². The Hall–Kier alpha value is -3.75. The van der Waals surface area contributed by atoms with Gasteiger partial charge in [0.2, 0.25) is 11.7 Å². The van der Waals surface area contributed by atoms with Crippen LogP contribution in [0.5, 0.6) is 5.75 Å². The molecule has 1 atom stereocenters. The molecule has 3 rings (SSSR count). The lowest BCUT2D eigenvalue weighted by atomic mass is 10.0. The summed E-state index contributed by atoms with van der Waals surface area (Å²) in [5.41, 5.74) is 1.57. The molecule has 156 valence electrons. The van der Waals surface area contributed by atoms with Gasteiger partial charge in [0.25, 0.3) is 0 Å². The van der Waals surface area contributed by atoms with E-state index in [1.807, 2.05) is 30.3 Å². The second-order valence-corrected chi connectivity index (χ2v) is 6.41. The monoisotopic (exact) mass is 409 g/mol. The first-order chi connectivity index (χ1) is 14.6. The molecule has 9 heteroatoms. The van der Waals surface area contributed by atoms with Crippen LogP contribution in [0.25, 0.3) is 11.4 Å². The van der Waals surface area contributed by atoms with Crippen molar-refractivity contribution in [1.82, 2.24) is 25.5 Å². The van der Waals surface area contributed by atoms with Gasteiger partial charge in [-0.1, -0.05) is 42.5 Å². The smallest absolute Gasteiger partial charge is 0.308 e. The van der Waals surface area contributed by atoms with Crippen LogP contribution in [0.4, 0.5) is 0 Å².